The van der Waals surface area contributed by atoms with Crippen molar-refractivity contribution in [2.24, 2.45) is 0 Å². The summed E-state index contributed by atoms with van der Waals surface area (Å²) >= 11 is 0. The number of amides is 1. The quantitative estimate of drug-likeness (QED) is 0.614. The largest absolute Gasteiger partial charge is 0.493 e. The highest BCUT2D eigenvalue weighted by Gasteiger charge is 2.17. The van der Waals surface area contributed by atoms with E-state index < -0.39 is 6.10 Å². The molecule has 1 aliphatic heterocycles. The lowest BCUT2D eigenvalue weighted by atomic mass is 10.1. The van der Waals surface area contributed by atoms with Crippen LogP contribution in [0.5, 0.6) is 17.4 Å². The van der Waals surface area contributed by atoms with E-state index in [1.165, 1.54) is 19.3 Å². The summed E-state index contributed by atoms with van der Waals surface area (Å²) in [4.78, 5) is 23.5. The van der Waals surface area contributed by atoms with Crippen LogP contribution in [0, 0.1) is 13.8 Å². The molecule has 1 aromatic heterocycles. The second kappa shape index (κ2) is 10.8. The van der Waals surface area contributed by atoms with E-state index in [9.17, 15) is 4.79 Å². The minimum Gasteiger partial charge on any atom is -0.493 e. The lowest BCUT2D eigenvalue weighted by molar-refractivity contribution is -0.127. The summed E-state index contributed by atoms with van der Waals surface area (Å²) in [6.45, 7) is 8.21. The summed E-state index contributed by atoms with van der Waals surface area (Å²) in [5.41, 5.74) is 1.06. The molecule has 0 bridgehead atoms. The summed E-state index contributed by atoms with van der Waals surface area (Å²) in [6.07, 6.45) is 2.96. The fraction of sp³-hybridized carbons (Fsp3) is 0.522. The van der Waals surface area contributed by atoms with E-state index >= 15 is 0 Å². The Morgan fingerprint density at radius 1 is 1.13 bits per heavy atom. The number of nitrogens with one attached hydrogen (secondary N) is 1. The number of aryl methyl sites for hydroxylation is 2. The first-order valence-electron chi connectivity index (χ1n) is 10.8. The second-order valence-electron chi connectivity index (χ2n) is 7.71. The molecule has 8 heteroatoms. The lowest BCUT2D eigenvalue weighted by Gasteiger charge is -2.28. The number of aromatic nitrogens is 2. The van der Waals surface area contributed by atoms with Gasteiger partial charge in [0.25, 0.3) is 5.91 Å². The van der Waals surface area contributed by atoms with Gasteiger partial charge in [-0.05, 0) is 57.7 Å². The van der Waals surface area contributed by atoms with E-state index in [1.807, 2.05) is 32.0 Å². The third kappa shape index (κ3) is 6.47. The smallest absolute Gasteiger partial charge is 0.260 e. The molecule has 2 aromatic rings. The Morgan fingerprint density at radius 3 is 2.65 bits per heavy atom. The van der Waals surface area contributed by atoms with Crippen LogP contribution in [0.15, 0.2) is 24.3 Å². The molecule has 31 heavy (non-hydrogen) atoms. The number of methoxy groups -OCH3 is 1. The van der Waals surface area contributed by atoms with Crippen molar-refractivity contribution in [2.45, 2.75) is 46.1 Å². The van der Waals surface area contributed by atoms with Gasteiger partial charge in [0.15, 0.2) is 17.6 Å². The van der Waals surface area contributed by atoms with Crippen molar-refractivity contribution in [3.63, 3.8) is 0 Å². The van der Waals surface area contributed by atoms with Gasteiger partial charge in [0, 0.05) is 19.2 Å². The Bertz CT molecular complexity index is 884. The highest BCUT2D eigenvalue weighted by Crippen LogP contribution is 2.28. The normalized spacial score (nSPS) is 14.6. The second-order valence-corrected chi connectivity index (χ2v) is 7.71. The Hall–Kier alpha value is -3.03. The molecule has 0 saturated carbocycles. The van der Waals surface area contributed by atoms with Crippen molar-refractivity contribution < 1.29 is 19.0 Å². The maximum atomic E-state index is 12.4. The summed E-state index contributed by atoms with van der Waals surface area (Å²) in [5, 5.41) is 2.83. The van der Waals surface area contributed by atoms with Crippen molar-refractivity contribution in [3.05, 3.63) is 35.7 Å². The van der Waals surface area contributed by atoms with Crippen LogP contribution in [-0.4, -0.2) is 55.3 Å². The number of anilines is 1. The Balaban J connectivity index is 1.47. The first-order chi connectivity index (χ1) is 15.0. The first kappa shape index (κ1) is 22.7. The molecule has 1 unspecified atom stereocenters. The first-order valence-corrected chi connectivity index (χ1v) is 10.8. The number of benzene rings is 1. The van der Waals surface area contributed by atoms with Crippen LogP contribution in [0.2, 0.25) is 0 Å². The van der Waals surface area contributed by atoms with E-state index in [1.54, 1.807) is 20.1 Å². The third-order valence-corrected chi connectivity index (χ3v) is 5.12. The number of carbonyl (C=O) groups is 1. The summed E-state index contributed by atoms with van der Waals surface area (Å²) in [6, 6.07) is 7.46. The summed E-state index contributed by atoms with van der Waals surface area (Å²) in [7, 11) is 1.58. The van der Waals surface area contributed by atoms with E-state index in [0.29, 0.717) is 36.4 Å². The van der Waals surface area contributed by atoms with Crippen LogP contribution < -0.4 is 24.4 Å². The highest BCUT2D eigenvalue weighted by atomic mass is 16.5. The van der Waals surface area contributed by atoms with Crippen molar-refractivity contribution in [3.8, 4) is 17.4 Å². The van der Waals surface area contributed by atoms with Crippen molar-refractivity contribution in [1.82, 2.24) is 15.3 Å². The molecule has 1 saturated heterocycles. The predicted molar refractivity (Wildman–Crippen MR) is 119 cm³/mol. The molecule has 1 aromatic carbocycles. The van der Waals surface area contributed by atoms with Crippen LogP contribution in [0.4, 0.5) is 5.82 Å². The van der Waals surface area contributed by atoms with Crippen molar-refractivity contribution in [1.29, 1.82) is 0 Å². The molecule has 2 heterocycles. The number of piperidine rings is 1. The predicted octanol–water partition coefficient (Wildman–Crippen LogP) is 3.05. The molecule has 1 amide bonds. The third-order valence-electron chi connectivity index (χ3n) is 5.12. The van der Waals surface area contributed by atoms with Gasteiger partial charge >= 0.3 is 0 Å². The van der Waals surface area contributed by atoms with E-state index in [-0.39, 0.29) is 5.91 Å². The van der Waals surface area contributed by atoms with Crippen LogP contribution in [0.1, 0.15) is 37.6 Å². The number of hydrogen-bond donors (Lipinski definition) is 1. The maximum absolute atomic E-state index is 12.4. The number of hydrogen-bond acceptors (Lipinski definition) is 7. The van der Waals surface area contributed by atoms with Gasteiger partial charge in [0.05, 0.1) is 13.7 Å². The van der Waals surface area contributed by atoms with Gasteiger partial charge in [-0.2, -0.15) is 4.98 Å². The molecule has 0 aliphatic carbocycles. The average molecular weight is 429 g/mol. The lowest BCUT2D eigenvalue weighted by Crippen LogP contribution is -2.38. The summed E-state index contributed by atoms with van der Waals surface area (Å²) in [5.74, 6) is 3.02. The fourth-order valence-corrected chi connectivity index (χ4v) is 3.47. The van der Waals surface area contributed by atoms with E-state index in [0.717, 1.165) is 24.5 Å². The minimum absolute atomic E-state index is 0.223. The van der Waals surface area contributed by atoms with Crippen molar-refractivity contribution >= 4 is 11.7 Å². The Kier molecular flexibility index (Phi) is 7.92. The monoisotopic (exact) mass is 428 g/mol. The molecule has 0 spiro atoms. The van der Waals surface area contributed by atoms with E-state index in [2.05, 4.69) is 20.2 Å². The van der Waals surface area contributed by atoms with Gasteiger partial charge in [0.2, 0.25) is 5.88 Å². The van der Waals surface area contributed by atoms with Gasteiger partial charge in [-0.1, -0.05) is 6.07 Å². The molecule has 168 valence electrons. The SMILES string of the molecule is COc1cc(C)ccc1OC(C)C(=O)NCCOc1cc(N2CCCCC2)nc(C)n1. The van der Waals surface area contributed by atoms with Gasteiger partial charge in [-0.25, -0.2) is 4.98 Å². The van der Waals surface area contributed by atoms with Crippen molar-refractivity contribution in [2.75, 3.05) is 38.3 Å². The van der Waals surface area contributed by atoms with Crippen LogP contribution in [0.25, 0.3) is 0 Å². The van der Waals surface area contributed by atoms with E-state index in [4.69, 9.17) is 14.2 Å². The number of carbonyl (C=O) groups excluding carboxylic acids is 1. The zero-order valence-corrected chi connectivity index (χ0v) is 18.8. The van der Waals surface area contributed by atoms with Crippen LogP contribution >= 0.6 is 0 Å². The molecule has 1 aliphatic rings. The fourth-order valence-electron chi connectivity index (χ4n) is 3.47. The number of rotatable bonds is 9. The minimum atomic E-state index is -0.663. The zero-order valence-electron chi connectivity index (χ0n) is 18.8. The molecule has 1 N–H and O–H groups in total. The van der Waals surface area contributed by atoms with Gasteiger partial charge in [-0.15, -0.1) is 0 Å². The molecular formula is C23H32N4O4. The molecule has 8 nitrogen and oxygen atoms in total. The number of nitrogens with zero attached hydrogens (tertiary/aromatic N) is 3. The van der Waals surface area contributed by atoms with Gasteiger partial charge in [-0.3, -0.25) is 4.79 Å². The Morgan fingerprint density at radius 2 is 1.90 bits per heavy atom. The maximum Gasteiger partial charge on any atom is 0.260 e. The number of ether oxygens (including phenoxy) is 3. The highest BCUT2D eigenvalue weighted by molar-refractivity contribution is 5.80. The molecule has 1 fully saturated rings. The van der Waals surface area contributed by atoms with Crippen LogP contribution in [0.3, 0.4) is 0 Å². The van der Waals surface area contributed by atoms with Gasteiger partial charge < -0.3 is 24.4 Å². The Labute approximate surface area is 183 Å². The zero-order chi connectivity index (χ0) is 22.2. The summed E-state index contributed by atoms with van der Waals surface area (Å²) < 4.78 is 16.9. The topological polar surface area (TPSA) is 85.8 Å². The molecule has 3 rings (SSSR count). The molecule has 1 atom stereocenters. The molecule has 0 radical (unpaired) electrons. The van der Waals surface area contributed by atoms with Gasteiger partial charge in [0.1, 0.15) is 18.2 Å². The average Bonchev–Trinajstić information content (AvgIpc) is 2.77. The standard InChI is InChI=1S/C23H32N4O4/c1-16-8-9-19(20(14-16)29-4)31-17(2)23(28)24-10-13-30-22-15-21(25-18(3)26-22)27-11-6-5-7-12-27/h8-9,14-15,17H,5-7,10-13H2,1-4H3,(H,24,28). The van der Waals surface area contributed by atoms with Crippen LogP contribution in [-0.2, 0) is 4.79 Å². The molecular weight excluding hydrogens is 396 g/mol.